The molecular weight excluding hydrogens is 234 g/mol. The number of rotatable bonds is 2. The van der Waals surface area contributed by atoms with Crippen LogP contribution >= 0.6 is 0 Å². The van der Waals surface area contributed by atoms with Gasteiger partial charge in [0.15, 0.2) is 11.2 Å². The minimum absolute atomic E-state index is 0.184. The molecule has 1 atom stereocenters. The third kappa shape index (κ3) is 1.67. The van der Waals surface area contributed by atoms with E-state index in [1.165, 1.54) is 6.33 Å². The van der Waals surface area contributed by atoms with Gasteiger partial charge in [0.1, 0.15) is 6.33 Å². The molecule has 7 heteroatoms. The van der Waals surface area contributed by atoms with Gasteiger partial charge in [-0.2, -0.15) is 4.98 Å². The Labute approximate surface area is 104 Å². The van der Waals surface area contributed by atoms with Gasteiger partial charge in [-0.05, 0) is 12.8 Å². The number of hydrogen-bond donors (Lipinski definition) is 1. The number of fused-ring (bicyclic) bond motifs is 1. The van der Waals surface area contributed by atoms with Crippen LogP contribution in [0, 0.1) is 0 Å². The monoisotopic (exact) mass is 249 g/mol. The molecule has 96 valence electrons. The molecule has 0 aliphatic carbocycles. The van der Waals surface area contributed by atoms with E-state index in [4.69, 9.17) is 15.2 Å². The van der Waals surface area contributed by atoms with E-state index >= 15 is 0 Å². The summed E-state index contributed by atoms with van der Waals surface area (Å²) < 4.78 is 12.6. The molecule has 3 rings (SSSR count). The largest absolute Gasteiger partial charge is 0.479 e. The lowest BCUT2D eigenvalue weighted by Gasteiger charge is -2.24. The van der Waals surface area contributed by atoms with Crippen LogP contribution in [-0.2, 0) is 4.74 Å². The van der Waals surface area contributed by atoms with Crippen molar-refractivity contribution in [2.24, 2.45) is 0 Å². The Kier molecular flexibility index (Phi) is 2.75. The molecule has 2 N–H and O–H groups in total. The van der Waals surface area contributed by atoms with Crippen LogP contribution in [0.3, 0.4) is 0 Å². The molecular formula is C11H15N5O2. The Morgan fingerprint density at radius 1 is 1.50 bits per heavy atom. The second-order valence-electron chi connectivity index (χ2n) is 4.27. The summed E-state index contributed by atoms with van der Waals surface area (Å²) in [5, 5.41) is 0. The molecule has 18 heavy (non-hydrogen) atoms. The van der Waals surface area contributed by atoms with E-state index in [1.54, 1.807) is 7.11 Å². The number of nitrogens with two attached hydrogens (primary N) is 1. The Bertz CT molecular complexity index is 562. The van der Waals surface area contributed by atoms with E-state index < -0.39 is 0 Å². The average molecular weight is 249 g/mol. The van der Waals surface area contributed by atoms with Crippen molar-refractivity contribution in [3.05, 3.63) is 6.33 Å². The molecule has 0 bridgehead atoms. The van der Waals surface area contributed by atoms with Crippen LogP contribution in [0.2, 0.25) is 0 Å². The van der Waals surface area contributed by atoms with E-state index in [0.29, 0.717) is 29.6 Å². The molecule has 3 heterocycles. The molecule has 1 unspecified atom stereocenters. The van der Waals surface area contributed by atoms with Gasteiger partial charge in [-0.3, -0.25) is 4.57 Å². The Hall–Kier alpha value is -1.89. The van der Waals surface area contributed by atoms with Gasteiger partial charge in [-0.15, -0.1) is 0 Å². The molecule has 7 nitrogen and oxygen atoms in total. The first-order chi connectivity index (χ1) is 8.81. The maximum Gasteiger partial charge on any atom is 0.245 e. The fraction of sp³-hybridized carbons (Fsp3) is 0.545. The first-order valence-corrected chi connectivity index (χ1v) is 5.91. The number of anilines is 1. The molecule has 2 aromatic heterocycles. The summed E-state index contributed by atoms with van der Waals surface area (Å²) in [7, 11) is 1.56. The third-order valence-corrected chi connectivity index (χ3v) is 3.17. The molecule has 0 amide bonds. The van der Waals surface area contributed by atoms with Crippen molar-refractivity contribution in [1.29, 1.82) is 0 Å². The van der Waals surface area contributed by atoms with Gasteiger partial charge in [-0.1, -0.05) is 0 Å². The maximum atomic E-state index is 5.98. The van der Waals surface area contributed by atoms with E-state index in [-0.39, 0.29) is 6.04 Å². The number of hydrogen-bond acceptors (Lipinski definition) is 6. The molecule has 1 fully saturated rings. The zero-order chi connectivity index (χ0) is 12.5. The van der Waals surface area contributed by atoms with Crippen molar-refractivity contribution in [2.75, 3.05) is 26.1 Å². The van der Waals surface area contributed by atoms with Crippen molar-refractivity contribution >= 4 is 17.1 Å². The van der Waals surface area contributed by atoms with Gasteiger partial charge >= 0.3 is 0 Å². The SMILES string of the molecule is COc1ncnc2c1nc(N)n2C1CCCOC1. The molecule has 0 radical (unpaired) electrons. The highest BCUT2D eigenvalue weighted by Crippen LogP contribution is 2.29. The summed E-state index contributed by atoms with van der Waals surface area (Å²) in [5.74, 6) is 0.876. The van der Waals surface area contributed by atoms with Gasteiger partial charge in [0.25, 0.3) is 0 Å². The molecule has 2 aromatic rings. The number of nitrogen functional groups attached to an aromatic ring is 1. The van der Waals surface area contributed by atoms with Gasteiger partial charge in [0, 0.05) is 6.61 Å². The fourth-order valence-corrected chi connectivity index (χ4v) is 2.34. The maximum absolute atomic E-state index is 5.98. The summed E-state index contributed by atoms with van der Waals surface area (Å²) in [4.78, 5) is 12.6. The second-order valence-corrected chi connectivity index (χ2v) is 4.27. The first kappa shape index (κ1) is 11.2. The van der Waals surface area contributed by atoms with Crippen molar-refractivity contribution in [1.82, 2.24) is 19.5 Å². The smallest absolute Gasteiger partial charge is 0.245 e. The predicted octanol–water partition coefficient (Wildman–Crippen LogP) is 0.769. The Morgan fingerprint density at radius 3 is 3.11 bits per heavy atom. The van der Waals surface area contributed by atoms with Crippen LogP contribution in [0.25, 0.3) is 11.2 Å². The quantitative estimate of drug-likeness (QED) is 0.845. The van der Waals surface area contributed by atoms with Gasteiger partial charge in [0.05, 0.1) is 19.8 Å². The fourth-order valence-electron chi connectivity index (χ4n) is 2.34. The molecule has 1 aliphatic heterocycles. The number of ether oxygens (including phenoxy) is 2. The highest BCUT2D eigenvalue weighted by Gasteiger charge is 2.23. The van der Waals surface area contributed by atoms with Gasteiger partial charge in [0.2, 0.25) is 11.8 Å². The normalized spacial score (nSPS) is 20.2. The summed E-state index contributed by atoms with van der Waals surface area (Å²) in [6.07, 6.45) is 3.50. The average Bonchev–Trinajstić information content (AvgIpc) is 2.75. The van der Waals surface area contributed by atoms with E-state index in [2.05, 4.69) is 15.0 Å². The van der Waals surface area contributed by atoms with E-state index in [0.717, 1.165) is 19.4 Å². The molecule has 0 spiro atoms. The lowest BCUT2D eigenvalue weighted by atomic mass is 10.1. The zero-order valence-corrected chi connectivity index (χ0v) is 10.2. The van der Waals surface area contributed by atoms with E-state index in [1.807, 2.05) is 4.57 Å². The van der Waals surface area contributed by atoms with Gasteiger partial charge in [-0.25, -0.2) is 9.97 Å². The Morgan fingerprint density at radius 2 is 2.39 bits per heavy atom. The minimum atomic E-state index is 0.184. The molecule has 0 saturated carbocycles. The number of imidazole rings is 1. The van der Waals surface area contributed by atoms with Crippen molar-refractivity contribution < 1.29 is 9.47 Å². The molecule has 1 aliphatic rings. The van der Waals surface area contributed by atoms with Crippen molar-refractivity contribution in [3.8, 4) is 5.88 Å². The minimum Gasteiger partial charge on any atom is -0.479 e. The van der Waals surface area contributed by atoms with Crippen LogP contribution in [-0.4, -0.2) is 39.8 Å². The third-order valence-electron chi connectivity index (χ3n) is 3.17. The molecule has 0 aromatic carbocycles. The topological polar surface area (TPSA) is 88.1 Å². The van der Waals surface area contributed by atoms with Crippen LogP contribution in [0.1, 0.15) is 18.9 Å². The van der Waals surface area contributed by atoms with Crippen molar-refractivity contribution in [2.45, 2.75) is 18.9 Å². The van der Waals surface area contributed by atoms with Crippen LogP contribution in [0.15, 0.2) is 6.33 Å². The lowest BCUT2D eigenvalue weighted by molar-refractivity contribution is 0.0610. The number of nitrogens with zero attached hydrogens (tertiary/aromatic N) is 4. The molecule has 1 saturated heterocycles. The highest BCUT2D eigenvalue weighted by atomic mass is 16.5. The summed E-state index contributed by atoms with van der Waals surface area (Å²) >= 11 is 0. The standard InChI is InChI=1S/C11H15N5O2/c1-17-10-8-9(13-6-14-10)16(11(12)15-8)7-3-2-4-18-5-7/h6-7H,2-5H2,1H3,(H2,12,15). The van der Waals surface area contributed by atoms with Crippen LogP contribution < -0.4 is 10.5 Å². The van der Waals surface area contributed by atoms with Gasteiger partial charge < -0.3 is 15.2 Å². The summed E-state index contributed by atoms with van der Waals surface area (Å²) in [6.45, 7) is 1.45. The summed E-state index contributed by atoms with van der Waals surface area (Å²) in [6, 6.07) is 0.184. The highest BCUT2D eigenvalue weighted by molar-refractivity contribution is 5.79. The summed E-state index contributed by atoms with van der Waals surface area (Å²) in [5.41, 5.74) is 7.28. The number of aromatic nitrogens is 4. The predicted molar refractivity (Wildman–Crippen MR) is 65.4 cm³/mol. The zero-order valence-electron chi connectivity index (χ0n) is 10.2. The lowest BCUT2D eigenvalue weighted by Crippen LogP contribution is -2.22. The van der Waals surface area contributed by atoms with Crippen molar-refractivity contribution in [3.63, 3.8) is 0 Å². The van der Waals surface area contributed by atoms with Crippen LogP contribution in [0.4, 0.5) is 5.95 Å². The number of methoxy groups -OCH3 is 1. The van der Waals surface area contributed by atoms with Crippen LogP contribution in [0.5, 0.6) is 5.88 Å². The first-order valence-electron chi connectivity index (χ1n) is 5.91. The second kappa shape index (κ2) is 4.41. The Balaban J connectivity index is 2.13. The van der Waals surface area contributed by atoms with E-state index in [9.17, 15) is 0 Å².